The van der Waals surface area contributed by atoms with Crippen LogP contribution in [0.3, 0.4) is 0 Å². The zero-order valence-electron chi connectivity index (χ0n) is 11.7. The van der Waals surface area contributed by atoms with Crippen molar-refractivity contribution in [2.75, 3.05) is 0 Å². The molecule has 0 unspecified atom stereocenters. The van der Waals surface area contributed by atoms with Crippen LogP contribution in [0.2, 0.25) is 0 Å². The van der Waals surface area contributed by atoms with Crippen molar-refractivity contribution in [3.63, 3.8) is 0 Å². The van der Waals surface area contributed by atoms with E-state index in [9.17, 15) is 9.59 Å². The van der Waals surface area contributed by atoms with E-state index in [1.807, 2.05) is 0 Å². The van der Waals surface area contributed by atoms with Gasteiger partial charge >= 0.3 is 11.9 Å². The van der Waals surface area contributed by atoms with E-state index in [0.29, 0.717) is 6.42 Å². The lowest BCUT2D eigenvalue weighted by Gasteiger charge is -2.21. The van der Waals surface area contributed by atoms with Gasteiger partial charge in [-0.05, 0) is 38.5 Å². The number of esters is 1. The SMILES string of the molecule is O=C(O)CCCCCCCC(=O)OC1CCCCC1. The average molecular weight is 270 g/mol. The Morgan fingerprint density at radius 3 is 2.11 bits per heavy atom. The summed E-state index contributed by atoms with van der Waals surface area (Å²) in [5.74, 6) is -0.784. The molecule has 0 spiro atoms. The van der Waals surface area contributed by atoms with E-state index in [4.69, 9.17) is 9.84 Å². The highest BCUT2D eigenvalue weighted by Crippen LogP contribution is 2.21. The highest BCUT2D eigenvalue weighted by molar-refractivity contribution is 5.69. The van der Waals surface area contributed by atoms with Gasteiger partial charge in [0.1, 0.15) is 6.10 Å². The predicted octanol–water partition coefficient (Wildman–Crippen LogP) is 3.68. The van der Waals surface area contributed by atoms with Crippen LogP contribution in [-0.4, -0.2) is 23.1 Å². The number of carbonyl (C=O) groups is 2. The molecule has 0 aliphatic heterocycles. The molecule has 0 aromatic heterocycles. The Labute approximate surface area is 115 Å². The van der Waals surface area contributed by atoms with E-state index in [0.717, 1.165) is 44.9 Å². The smallest absolute Gasteiger partial charge is 0.306 e. The van der Waals surface area contributed by atoms with Gasteiger partial charge in [0.05, 0.1) is 0 Å². The number of ether oxygens (including phenoxy) is 1. The summed E-state index contributed by atoms with van der Waals surface area (Å²) in [6.45, 7) is 0. The number of carboxylic acid groups (broad SMARTS) is 1. The summed E-state index contributed by atoms with van der Waals surface area (Å²) in [4.78, 5) is 21.9. The fourth-order valence-corrected chi connectivity index (χ4v) is 2.50. The zero-order valence-corrected chi connectivity index (χ0v) is 11.7. The van der Waals surface area contributed by atoms with Gasteiger partial charge in [0.25, 0.3) is 0 Å². The van der Waals surface area contributed by atoms with E-state index in [1.165, 1.54) is 19.3 Å². The number of hydrogen-bond donors (Lipinski definition) is 1. The first-order chi connectivity index (χ1) is 9.18. The van der Waals surface area contributed by atoms with Crippen LogP contribution in [0.25, 0.3) is 0 Å². The lowest BCUT2D eigenvalue weighted by Crippen LogP contribution is -2.20. The van der Waals surface area contributed by atoms with Crippen LogP contribution in [0.5, 0.6) is 0 Å². The molecule has 0 saturated heterocycles. The van der Waals surface area contributed by atoms with Gasteiger partial charge in [0, 0.05) is 12.8 Å². The van der Waals surface area contributed by atoms with Crippen LogP contribution in [-0.2, 0) is 14.3 Å². The monoisotopic (exact) mass is 270 g/mol. The third-order valence-corrected chi connectivity index (χ3v) is 3.62. The Morgan fingerprint density at radius 2 is 1.47 bits per heavy atom. The molecule has 0 aromatic carbocycles. The van der Waals surface area contributed by atoms with Crippen molar-refractivity contribution < 1.29 is 19.4 Å². The normalized spacial score (nSPS) is 16.2. The van der Waals surface area contributed by atoms with Crippen molar-refractivity contribution >= 4 is 11.9 Å². The fraction of sp³-hybridized carbons (Fsp3) is 0.867. The first-order valence-corrected chi connectivity index (χ1v) is 7.60. The van der Waals surface area contributed by atoms with Crippen molar-refractivity contribution in [3.8, 4) is 0 Å². The van der Waals surface area contributed by atoms with E-state index in [2.05, 4.69) is 0 Å². The summed E-state index contributed by atoms with van der Waals surface area (Å²) in [7, 11) is 0. The third kappa shape index (κ3) is 8.62. The summed E-state index contributed by atoms with van der Waals surface area (Å²) in [5, 5.41) is 8.48. The molecule has 0 radical (unpaired) electrons. The molecular weight excluding hydrogens is 244 g/mol. The van der Waals surface area contributed by atoms with Crippen LogP contribution in [0.15, 0.2) is 0 Å². The van der Waals surface area contributed by atoms with E-state index >= 15 is 0 Å². The van der Waals surface area contributed by atoms with Gasteiger partial charge in [-0.15, -0.1) is 0 Å². The summed E-state index contributed by atoms with van der Waals surface area (Å²) < 4.78 is 5.43. The zero-order chi connectivity index (χ0) is 13.9. The summed E-state index contributed by atoms with van der Waals surface area (Å²) in [6, 6.07) is 0. The molecule has 110 valence electrons. The molecule has 0 atom stereocenters. The molecule has 19 heavy (non-hydrogen) atoms. The second-order valence-corrected chi connectivity index (χ2v) is 5.41. The van der Waals surface area contributed by atoms with Crippen LogP contribution < -0.4 is 0 Å². The fourth-order valence-electron chi connectivity index (χ4n) is 2.50. The maximum atomic E-state index is 11.6. The number of aliphatic carboxylic acids is 1. The van der Waals surface area contributed by atoms with Gasteiger partial charge in [-0.3, -0.25) is 9.59 Å². The minimum atomic E-state index is -0.726. The topological polar surface area (TPSA) is 63.6 Å². The van der Waals surface area contributed by atoms with E-state index in [-0.39, 0.29) is 18.5 Å². The summed E-state index contributed by atoms with van der Waals surface area (Å²) in [5.41, 5.74) is 0. The largest absolute Gasteiger partial charge is 0.481 e. The van der Waals surface area contributed by atoms with Gasteiger partial charge in [0.2, 0.25) is 0 Å². The lowest BCUT2D eigenvalue weighted by molar-refractivity contribution is -0.150. The quantitative estimate of drug-likeness (QED) is 0.513. The lowest BCUT2D eigenvalue weighted by atomic mass is 9.98. The second kappa shape index (κ2) is 9.82. The maximum absolute atomic E-state index is 11.6. The maximum Gasteiger partial charge on any atom is 0.306 e. The number of unbranched alkanes of at least 4 members (excludes halogenated alkanes) is 4. The molecule has 0 heterocycles. The first-order valence-electron chi connectivity index (χ1n) is 7.60. The number of rotatable bonds is 9. The average Bonchev–Trinajstić information content (AvgIpc) is 2.38. The van der Waals surface area contributed by atoms with Crippen molar-refractivity contribution in [2.24, 2.45) is 0 Å². The molecule has 0 bridgehead atoms. The number of hydrogen-bond acceptors (Lipinski definition) is 3. The van der Waals surface area contributed by atoms with Crippen LogP contribution in [0.4, 0.5) is 0 Å². The Kier molecular flexibility index (Phi) is 8.26. The van der Waals surface area contributed by atoms with Gasteiger partial charge in [-0.25, -0.2) is 0 Å². The highest BCUT2D eigenvalue weighted by Gasteiger charge is 2.17. The molecule has 1 saturated carbocycles. The van der Waals surface area contributed by atoms with Crippen molar-refractivity contribution in [2.45, 2.75) is 83.2 Å². The van der Waals surface area contributed by atoms with Gasteiger partial charge in [-0.2, -0.15) is 0 Å². The third-order valence-electron chi connectivity index (χ3n) is 3.62. The molecule has 1 aliphatic rings. The van der Waals surface area contributed by atoms with Crippen molar-refractivity contribution in [1.82, 2.24) is 0 Å². The molecular formula is C15H26O4. The Hall–Kier alpha value is -1.06. The van der Waals surface area contributed by atoms with Crippen LogP contribution >= 0.6 is 0 Å². The molecule has 1 fully saturated rings. The molecule has 4 heteroatoms. The van der Waals surface area contributed by atoms with Crippen molar-refractivity contribution in [1.29, 1.82) is 0 Å². The molecule has 0 aromatic rings. The Morgan fingerprint density at radius 1 is 0.895 bits per heavy atom. The van der Waals surface area contributed by atoms with Crippen molar-refractivity contribution in [3.05, 3.63) is 0 Å². The number of carbonyl (C=O) groups excluding carboxylic acids is 1. The predicted molar refractivity (Wildman–Crippen MR) is 72.9 cm³/mol. The highest BCUT2D eigenvalue weighted by atomic mass is 16.5. The summed E-state index contributed by atoms with van der Waals surface area (Å²) in [6.07, 6.45) is 11.1. The standard InChI is InChI=1S/C15H26O4/c16-14(17)11-7-2-1-3-8-12-15(18)19-13-9-5-4-6-10-13/h13H,1-12H2,(H,16,17). The summed E-state index contributed by atoms with van der Waals surface area (Å²) >= 11 is 0. The number of carboxylic acids is 1. The molecule has 1 rings (SSSR count). The van der Waals surface area contributed by atoms with Crippen LogP contribution in [0, 0.1) is 0 Å². The first kappa shape index (κ1) is 16.0. The van der Waals surface area contributed by atoms with Crippen LogP contribution in [0.1, 0.15) is 77.0 Å². The van der Waals surface area contributed by atoms with E-state index in [1.54, 1.807) is 0 Å². The van der Waals surface area contributed by atoms with Gasteiger partial charge in [-0.1, -0.05) is 25.7 Å². The van der Waals surface area contributed by atoms with E-state index < -0.39 is 5.97 Å². The van der Waals surface area contributed by atoms with Gasteiger partial charge < -0.3 is 9.84 Å². The van der Waals surface area contributed by atoms with Gasteiger partial charge in [0.15, 0.2) is 0 Å². The molecule has 4 nitrogen and oxygen atoms in total. The second-order valence-electron chi connectivity index (χ2n) is 5.41. The molecule has 1 N–H and O–H groups in total. The molecule has 1 aliphatic carbocycles. The Balaban J connectivity index is 1.90. The minimum Gasteiger partial charge on any atom is -0.481 e. The molecule has 0 amide bonds. The minimum absolute atomic E-state index is 0.0579. The Bertz CT molecular complexity index is 269.